The highest BCUT2D eigenvalue weighted by atomic mass is 16.5. The number of aliphatic hydroxyl groups is 1. The lowest BCUT2D eigenvalue weighted by molar-refractivity contribution is -0.141. The molecule has 1 aromatic heterocycles. The smallest absolute Gasteiger partial charge is 0.265 e. The summed E-state index contributed by atoms with van der Waals surface area (Å²) in [5.74, 6) is -0.938. The number of fused-ring (bicyclic) bond motifs is 2. The molecule has 0 aliphatic heterocycles. The van der Waals surface area contributed by atoms with Crippen LogP contribution in [0.2, 0.25) is 0 Å². The van der Waals surface area contributed by atoms with Crippen molar-refractivity contribution in [1.82, 2.24) is 5.16 Å². The molecule has 0 saturated heterocycles. The number of rotatable bonds is 3. The molecule has 2 atom stereocenters. The summed E-state index contributed by atoms with van der Waals surface area (Å²) in [5.41, 5.74) is -2.08. The first kappa shape index (κ1) is 15.8. The van der Waals surface area contributed by atoms with Crippen LogP contribution in [0.3, 0.4) is 0 Å². The molecule has 0 radical (unpaired) electrons. The van der Waals surface area contributed by atoms with Gasteiger partial charge in [-0.1, -0.05) is 43.3 Å². The molecule has 4 rings (SSSR count). The van der Waals surface area contributed by atoms with Gasteiger partial charge in [0.15, 0.2) is 17.1 Å². The van der Waals surface area contributed by atoms with Crippen LogP contribution in [0.1, 0.15) is 35.0 Å². The van der Waals surface area contributed by atoms with E-state index in [2.05, 4.69) is 5.16 Å². The van der Waals surface area contributed by atoms with Crippen LogP contribution >= 0.6 is 0 Å². The van der Waals surface area contributed by atoms with Gasteiger partial charge in [-0.3, -0.25) is 9.59 Å². The van der Waals surface area contributed by atoms with Crippen molar-refractivity contribution in [2.45, 2.75) is 32.0 Å². The molecule has 6 nitrogen and oxygen atoms in total. The number of allylic oxidation sites excluding steroid dienone is 1. The Morgan fingerprint density at radius 3 is 2.80 bits per heavy atom. The Morgan fingerprint density at radius 2 is 2.04 bits per heavy atom. The molecule has 1 aromatic carbocycles. The van der Waals surface area contributed by atoms with Gasteiger partial charge in [0.1, 0.15) is 12.2 Å². The Morgan fingerprint density at radius 1 is 1.28 bits per heavy atom. The normalized spacial score (nSPS) is 27.8. The van der Waals surface area contributed by atoms with Gasteiger partial charge < -0.3 is 14.4 Å². The third kappa shape index (κ3) is 2.17. The molecule has 1 N–H and O–H groups in total. The van der Waals surface area contributed by atoms with Crippen molar-refractivity contribution in [3.05, 3.63) is 59.4 Å². The van der Waals surface area contributed by atoms with E-state index in [-0.39, 0.29) is 24.5 Å². The molecule has 1 heterocycles. The van der Waals surface area contributed by atoms with Gasteiger partial charge in [-0.05, 0) is 23.2 Å². The topological polar surface area (TPSA) is 89.6 Å². The standard InChI is InChI=1S/C19H17NO5/c1-18-9-5-8-14(21)19(18,23)16(22)15-13(10-18)25-20-17(15)24-11-12-6-3-2-4-7-12/h2-8,23H,9-11H2,1H3/t18-,19-/m0/s1. The van der Waals surface area contributed by atoms with E-state index in [1.807, 2.05) is 30.3 Å². The lowest BCUT2D eigenvalue weighted by Crippen LogP contribution is -2.62. The third-order valence-corrected chi connectivity index (χ3v) is 5.12. The molecule has 25 heavy (non-hydrogen) atoms. The van der Waals surface area contributed by atoms with Crippen molar-refractivity contribution in [3.8, 4) is 5.88 Å². The summed E-state index contributed by atoms with van der Waals surface area (Å²) in [6.45, 7) is 1.92. The summed E-state index contributed by atoms with van der Waals surface area (Å²) in [7, 11) is 0. The second-order valence-electron chi connectivity index (χ2n) is 6.81. The van der Waals surface area contributed by atoms with E-state index in [9.17, 15) is 14.7 Å². The zero-order chi connectivity index (χ0) is 17.7. The maximum Gasteiger partial charge on any atom is 0.265 e. The maximum atomic E-state index is 13.0. The van der Waals surface area contributed by atoms with Crippen molar-refractivity contribution in [2.75, 3.05) is 0 Å². The van der Waals surface area contributed by atoms with Gasteiger partial charge in [-0.25, -0.2) is 0 Å². The summed E-state index contributed by atoms with van der Waals surface area (Å²) in [4.78, 5) is 25.3. The van der Waals surface area contributed by atoms with Crippen molar-refractivity contribution in [1.29, 1.82) is 0 Å². The van der Waals surface area contributed by atoms with Crippen LogP contribution in [0.5, 0.6) is 5.88 Å². The number of benzene rings is 1. The van der Waals surface area contributed by atoms with E-state index in [1.54, 1.807) is 13.0 Å². The fourth-order valence-corrected chi connectivity index (χ4v) is 3.59. The summed E-state index contributed by atoms with van der Waals surface area (Å²) >= 11 is 0. The Bertz CT molecular complexity index is 884. The van der Waals surface area contributed by atoms with Crippen LogP contribution in [-0.2, 0) is 17.8 Å². The fraction of sp³-hybridized carbons (Fsp3) is 0.316. The maximum absolute atomic E-state index is 13.0. The molecule has 0 spiro atoms. The zero-order valence-corrected chi connectivity index (χ0v) is 13.7. The van der Waals surface area contributed by atoms with Gasteiger partial charge in [0.05, 0.1) is 0 Å². The molecule has 0 saturated carbocycles. The van der Waals surface area contributed by atoms with Crippen molar-refractivity contribution in [3.63, 3.8) is 0 Å². The van der Waals surface area contributed by atoms with Crippen LogP contribution in [0.15, 0.2) is 47.0 Å². The van der Waals surface area contributed by atoms with E-state index in [0.717, 1.165) is 5.56 Å². The van der Waals surface area contributed by atoms with Crippen LogP contribution in [0.25, 0.3) is 0 Å². The van der Waals surface area contributed by atoms with Gasteiger partial charge >= 0.3 is 0 Å². The SMILES string of the molecule is C[C@@]12CC=CC(=O)[C@]1(O)C(=O)c1c(OCc3ccccc3)noc1C2. The minimum absolute atomic E-state index is 0.0154. The largest absolute Gasteiger partial charge is 0.470 e. The molecule has 6 heteroatoms. The van der Waals surface area contributed by atoms with E-state index in [1.165, 1.54) is 6.08 Å². The Labute approximate surface area is 144 Å². The number of hydrogen-bond acceptors (Lipinski definition) is 6. The average molecular weight is 339 g/mol. The fourth-order valence-electron chi connectivity index (χ4n) is 3.59. The number of carbonyl (C=O) groups excluding carboxylic acids is 2. The third-order valence-electron chi connectivity index (χ3n) is 5.12. The number of aromatic nitrogens is 1. The van der Waals surface area contributed by atoms with E-state index in [4.69, 9.17) is 9.26 Å². The van der Waals surface area contributed by atoms with Gasteiger partial charge in [0.25, 0.3) is 5.88 Å². The lowest BCUT2D eigenvalue weighted by Gasteiger charge is -2.45. The second-order valence-corrected chi connectivity index (χ2v) is 6.81. The van der Waals surface area contributed by atoms with E-state index < -0.39 is 22.6 Å². The average Bonchev–Trinajstić information content (AvgIpc) is 3.00. The zero-order valence-electron chi connectivity index (χ0n) is 13.7. The Hall–Kier alpha value is -2.73. The quantitative estimate of drug-likeness (QED) is 0.863. The minimum atomic E-state index is -2.11. The number of carbonyl (C=O) groups is 2. The highest BCUT2D eigenvalue weighted by Gasteiger charge is 2.62. The van der Waals surface area contributed by atoms with Crippen LogP contribution < -0.4 is 4.74 Å². The molecule has 0 bridgehead atoms. The van der Waals surface area contributed by atoms with Crippen LogP contribution in [-0.4, -0.2) is 27.4 Å². The van der Waals surface area contributed by atoms with Gasteiger partial charge in [0, 0.05) is 11.8 Å². The van der Waals surface area contributed by atoms with Crippen molar-refractivity contribution in [2.24, 2.45) is 5.41 Å². The van der Waals surface area contributed by atoms with Crippen molar-refractivity contribution < 1.29 is 24.0 Å². The summed E-state index contributed by atoms with van der Waals surface area (Å²) in [5, 5.41) is 14.8. The minimum Gasteiger partial charge on any atom is -0.470 e. The molecule has 2 aliphatic carbocycles. The summed E-state index contributed by atoms with van der Waals surface area (Å²) in [6.07, 6.45) is 3.59. The number of hydrogen-bond donors (Lipinski definition) is 1. The Kier molecular flexibility index (Phi) is 3.40. The molecule has 128 valence electrons. The predicted molar refractivity (Wildman–Crippen MR) is 87.1 cm³/mol. The highest BCUT2D eigenvalue weighted by molar-refractivity contribution is 6.23. The number of Topliss-reactive ketones (excluding diaryl/α,β-unsaturated/α-hetero) is 1. The van der Waals surface area contributed by atoms with Crippen molar-refractivity contribution >= 4 is 11.6 Å². The number of ether oxygens (including phenoxy) is 1. The van der Waals surface area contributed by atoms with Crippen LogP contribution in [0.4, 0.5) is 0 Å². The van der Waals surface area contributed by atoms with Crippen LogP contribution in [0, 0.1) is 5.41 Å². The summed E-state index contributed by atoms with van der Waals surface area (Å²) < 4.78 is 10.9. The Balaban J connectivity index is 1.69. The van der Waals surface area contributed by atoms with Gasteiger partial charge in [-0.15, -0.1) is 0 Å². The monoisotopic (exact) mass is 339 g/mol. The number of ketones is 2. The van der Waals surface area contributed by atoms with E-state index in [0.29, 0.717) is 12.2 Å². The molecule has 0 fully saturated rings. The molecule has 0 unspecified atom stereocenters. The molecule has 2 aromatic rings. The molecule has 0 amide bonds. The summed E-state index contributed by atoms with van der Waals surface area (Å²) in [6, 6.07) is 9.42. The first-order valence-corrected chi connectivity index (χ1v) is 8.09. The highest BCUT2D eigenvalue weighted by Crippen LogP contribution is 2.49. The first-order chi connectivity index (χ1) is 12.0. The van der Waals surface area contributed by atoms with Gasteiger partial charge in [0.2, 0.25) is 5.78 Å². The van der Waals surface area contributed by atoms with E-state index >= 15 is 0 Å². The lowest BCUT2D eigenvalue weighted by atomic mass is 9.58. The predicted octanol–water partition coefficient (Wildman–Crippen LogP) is 2.26. The molecule has 2 aliphatic rings. The number of nitrogens with zero attached hydrogens (tertiary/aromatic N) is 1. The van der Waals surface area contributed by atoms with Gasteiger partial charge in [-0.2, -0.15) is 0 Å². The second kappa shape index (κ2) is 5.39. The first-order valence-electron chi connectivity index (χ1n) is 8.09. The molecular weight excluding hydrogens is 322 g/mol. The molecular formula is C19H17NO5.